The largest absolute Gasteiger partial charge is 0.372 e. The molecule has 7 nitrogen and oxygen atoms in total. The van der Waals surface area contributed by atoms with E-state index in [1.54, 1.807) is 18.3 Å². The fraction of sp³-hybridized carbons (Fsp3) is 0.231. The highest BCUT2D eigenvalue weighted by molar-refractivity contribution is 7.18. The van der Waals surface area contributed by atoms with E-state index in [-0.39, 0.29) is 10.6 Å². The predicted molar refractivity (Wildman–Crippen MR) is 81.5 cm³/mol. The van der Waals surface area contributed by atoms with E-state index in [2.05, 4.69) is 15.3 Å². The van der Waals surface area contributed by atoms with Crippen LogP contribution in [0.5, 0.6) is 0 Å². The fourth-order valence-corrected chi connectivity index (χ4v) is 2.95. The number of aryl methyl sites for hydroxylation is 2. The molecule has 108 valence electrons. The van der Waals surface area contributed by atoms with E-state index in [0.29, 0.717) is 12.2 Å². The van der Waals surface area contributed by atoms with E-state index in [1.807, 2.05) is 24.7 Å². The van der Waals surface area contributed by atoms with E-state index in [9.17, 15) is 10.1 Å². The van der Waals surface area contributed by atoms with Gasteiger partial charge in [-0.05, 0) is 13.0 Å². The van der Waals surface area contributed by atoms with E-state index in [0.717, 1.165) is 21.0 Å². The maximum absolute atomic E-state index is 11.2. The van der Waals surface area contributed by atoms with Gasteiger partial charge in [0.2, 0.25) is 0 Å². The Hall–Kier alpha value is -2.48. The van der Waals surface area contributed by atoms with Crippen molar-refractivity contribution in [3.05, 3.63) is 45.5 Å². The second kappa shape index (κ2) is 5.13. The van der Waals surface area contributed by atoms with Crippen LogP contribution >= 0.6 is 11.3 Å². The lowest BCUT2D eigenvalue weighted by atomic mass is 10.2. The standard InChI is InChI=1S/C13H13N5O2S/c1-8-16-10-5-9(11(18(19)20)6-12(10)21-8)15-7-13-14-3-4-17(13)2/h3-6,15H,7H2,1-2H3. The van der Waals surface area contributed by atoms with Crippen LogP contribution in [0.1, 0.15) is 10.8 Å². The molecule has 0 amide bonds. The minimum Gasteiger partial charge on any atom is -0.372 e. The molecule has 0 saturated heterocycles. The van der Waals surface area contributed by atoms with E-state index >= 15 is 0 Å². The number of thiazole rings is 1. The summed E-state index contributed by atoms with van der Waals surface area (Å²) in [4.78, 5) is 19.4. The molecule has 0 bridgehead atoms. The molecule has 1 aromatic carbocycles. The van der Waals surface area contributed by atoms with Gasteiger partial charge >= 0.3 is 0 Å². The third-order valence-corrected chi connectivity index (χ3v) is 4.10. The molecule has 0 fully saturated rings. The average molecular weight is 303 g/mol. The molecule has 0 spiro atoms. The van der Waals surface area contributed by atoms with Crippen molar-refractivity contribution < 1.29 is 4.92 Å². The molecule has 0 atom stereocenters. The molecular weight excluding hydrogens is 290 g/mol. The van der Waals surface area contributed by atoms with Crippen molar-refractivity contribution in [2.45, 2.75) is 13.5 Å². The summed E-state index contributed by atoms with van der Waals surface area (Å²) in [7, 11) is 1.88. The normalized spacial score (nSPS) is 11.0. The Balaban J connectivity index is 1.97. The molecule has 2 aromatic heterocycles. The Kier molecular flexibility index (Phi) is 3.30. The molecule has 0 saturated carbocycles. The lowest BCUT2D eigenvalue weighted by Gasteiger charge is -2.07. The number of hydrogen-bond acceptors (Lipinski definition) is 6. The SMILES string of the molecule is Cc1nc2cc(NCc3nccn3C)c([N+](=O)[O-])cc2s1. The Labute approximate surface area is 124 Å². The molecule has 3 aromatic rings. The van der Waals surface area contributed by atoms with Crippen LogP contribution in [0.15, 0.2) is 24.5 Å². The van der Waals surface area contributed by atoms with Crippen LogP contribution in [0, 0.1) is 17.0 Å². The summed E-state index contributed by atoms with van der Waals surface area (Å²) in [6, 6.07) is 3.29. The zero-order valence-electron chi connectivity index (χ0n) is 11.5. The van der Waals surface area contributed by atoms with Gasteiger partial charge in [-0.3, -0.25) is 10.1 Å². The van der Waals surface area contributed by atoms with Gasteiger partial charge < -0.3 is 9.88 Å². The smallest absolute Gasteiger partial charge is 0.293 e. The van der Waals surface area contributed by atoms with Gasteiger partial charge in [0.1, 0.15) is 11.5 Å². The average Bonchev–Trinajstić information content (AvgIpc) is 2.99. The first-order valence-corrected chi connectivity index (χ1v) is 7.12. The number of rotatable bonds is 4. The van der Waals surface area contributed by atoms with Crippen LogP contribution in [-0.2, 0) is 13.6 Å². The maximum Gasteiger partial charge on any atom is 0.293 e. The van der Waals surface area contributed by atoms with Crippen LogP contribution in [0.25, 0.3) is 10.2 Å². The van der Waals surface area contributed by atoms with E-state index < -0.39 is 0 Å². The number of aromatic nitrogens is 3. The summed E-state index contributed by atoms with van der Waals surface area (Å²) in [5.74, 6) is 0.804. The molecule has 0 aliphatic heterocycles. The molecule has 0 aliphatic carbocycles. The zero-order chi connectivity index (χ0) is 15.0. The zero-order valence-corrected chi connectivity index (χ0v) is 12.3. The molecule has 2 heterocycles. The van der Waals surface area contributed by atoms with Gasteiger partial charge in [-0.25, -0.2) is 9.97 Å². The minimum absolute atomic E-state index is 0.0559. The number of imidazole rings is 1. The van der Waals surface area contributed by atoms with Crippen molar-refractivity contribution in [3.63, 3.8) is 0 Å². The number of anilines is 1. The van der Waals surface area contributed by atoms with Gasteiger partial charge in [-0.2, -0.15) is 0 Å². The minimum atomic E-state index is -0.380. The van der Waals surface area contributed by atoms with Gasteiger partial charge in [0.15, 0.2) is 0 Å². The topological polar surface area (TPSA) is 85.9 Å². The summed E-state index contributed by atoms with van der Waals surface area (Å²) in [6.07, 6.45) is 3.52. The van der Waals surface area contributed by atoms with Gasteiger partial charge in [-0.15, -0.1) is 11.3 Å². The van der Waals surface area contributed by atoms with Crippen molar-refractivity contribution >= 4 is 32.9 Å². The lowest BCUT2D eigenvalue weighted by Crippen LogP contribution is -2.07. The number of nitrogens with zero attached hydrogens (tertiary/aromatic N) is 4. The monoisotopic (exact) mass is 303 g/mol. The van der Waals surface area contributed by atoms with Crippen LogP contribution in [-0.4, -0.2) is 19.5 Å². The Morgan fingerprint density at radius 3 is 2.95 bits per heavy atom. The van der Waals surface area contributed by atoms with E-state index in [1.165, 1.54) is 11.3 Å². The summed E-state index contributed by atoms with van der Waals surface area (Å²) in [6.45, 7) is 2.30. The third-order valence-electron chi connectivity index (χ3n) is 3.17. The van der Waals surface area contributed by atoms with Crippen molar-refractivity contribution in [1.29, 1.82) is 0 Å². The number of nitro groups is 1. The van der Waals surface area contributed by atoms with Gasteiger partial charge in [0.25, 0.3) is 5.69 Å². The van der Waals surface area contributed by atoms with Gasteiger partial charge in [0, 0.05) is 25.5 Å². The quantitative estimate of drug-likeness (QED) is 0.591. The second-order valence-electron chi connectivity index (χ2n) is 4.64. The first-order valence-electron chi connectivity index (χ1n) is 6.30. The summed E-state index contributed by atoms with van der Waals surface area (Å²) in [5, 5.41) is 15.2. The molecular formula is C13H13N5O2S. The number of nitro benzene ring substituents is 1. The molecule has 0 unspecified atom stereocenters. The highest BCUT2D eigenvalue weighted by atomic mass is 32.1. The first kappa shape index (κ1) is 13.5. The lowest BCUT2D eigenvalue weighted by molar-refractivity contribution is -0.383. The summed E-state index contributed by atoms with van der Waals surface area (Å²) in [5.41, 5.74) is 1.28. The molecule has 3 rings (SSSR count). The van der Waals surface area contributed by atoms with Gasteiger partial charge in [0.05, 0.1) is 26.7 Å². The van der Waals surface area contributed by atoms with Gasteiger partial charge in [-0.1, -0.05) is 0 Å². The van der Waals surface area contributed by atoms with E-state index in [4.69, 9.17) is 0 Å². The Bertz CT molecular complexity index is 823. The molecule has 8 heteroatoms. The van der Waals surface area contributed by atoms with Crippen LogP contribution < -0.4 is 5.32 Å². The van der Waals surface area contributed by atoms with Crippen molar-refractivity contribution in [3.8, 4) is 0 Å². The van der Waals surface area contributed by atoms with Crippen molar-refractivity contribution in [2.75, 3.05) is 5.32 Å². The van der Waals surface area contributed by atoms with Crippen LogP contribution in [0.3, 0.4) is 0 Å². The second-order valence-corrected chi connectivity index (χ2v) is 5.87. The molecule has 1 N–H and O–H groups in total. The number of fused-ring (bicyclic) bond motifs is 1. The maximum atomic E-state index is 11.2. The Morgan fingerprint density at radius 2 is 2.29 bits per heavy atom. The number of benzene rings is 1. The van der Waals surface area contributed by atoms with Crippen LogP contribution in [0.2, 0.25) is 0 Å². The number of hydrogen-bond donors (Lipinski definition) is 1. The molecule has 21 heavy (non-hydrogen) atoms. The van der Waals surface area contributed by atoms with Crippen molar-refractivity contribution in [1.82, 2.24) is 14.5 Å². The fourth-order valence-electron chi connectivity index (χ4n) is 2.11. The third kappa shape index (κ3) is 2.57. The predicted octanol–water partition coefficient (Wildman–Crippen LogP) is 2.86. The number of nitrogens with one attached hydrogen (secondary N) is 1. The highest BCUT2D eigenvalue weighted by Crippen LogP contribution is 2.33. The summed E-state index contributed by atoms with van der Waals surface area (Å²) < 4.78 is 2.69. The first-order chi connectivity index (χ1) is 10.0. The molecule has 0 aliphatic rings. The Morgan fingerprint density at radius 1 is 1.48 bits per heavy atom. The molecule has 0 radical (unpaired) electrons. The highest BCUT2D eigenvalue weighted by Gasteiger charge is 2.17. The summed E-state index contributed by atoms with van der Waals surface area (Å²) >= 11 is 1.45. The van der Waals surface area contributed by atoms with Crippen LogP contribution in [0.4, 0.5) is 11.4 Å². The van der Waals surface area contributed by atoms with Crippen molar-refractivity contribution in [2.24, 2.45) is 7.05 Å².